The summed E-state index contributed by atoms with van der Waals surface area (Å²) in [5, 5.41) is 1.15. The van der Waals surface area contributed by atoms with Gasteiger partial charge in [-0.15, -0.1) is 0 Å². The minimum absolute atomic E-state index is 0.00660. The molecular weight excluding hydrogens is 410 g/mol. The van der Waals surface area contributed by atoms with Crippen molar-refractivity contribution in [3.05, 3.63) is 64.4 Å². The van der Waals surface area contributed by atoms with Gasteiger partial charge >= 0.3 is 0 Å². The Bertz CT molecular complexity index is 1140. The van der Waals surface area contributed by atoms with E-state index in [4.69, 9.17) is 9.72 Å². The highest BCUT2D eigenvalue weighted by molar-refractivity contribution is 7.99. The van der Waals surface area contributed by atoms with Crippen molar-refractivity contribution >= 4 is 34.3 Å². The van der Waals surface area contributed by atoms with Crippen molar-refractivity contribution in [1.29, 1.82) is 0 Å². The van der Waals surface area contributed by atoms with Crippen molar-refractivity contribution in [1.82, 2.24) is 9.55 Å². The Morgan fingerprint density at radius 1 is 1.23 bits per heavy atom. The van der Waals surface area contributed by atoms with Gasteiger partial charge in [-0.3, -0.25) is 14.2 Å². The quantitative estimate of drug-likeness (QED) is 0.412. The lowest BCUT2D eigenvalue weighted by atomic mass is 10.2. The third kappa shape index (κ3) is 4.67. The first-order chi connectivity index (χ1) is 15.1. The lowest BCUT2D eigenvalue weighted by molar-refractivity contribution is -0.116. The average Bonchev–Trinajstić information content (AvgIpc) is 3.29. The molecule has 0 saturated carbocycles. The molecule has 6 nitrogen and oxygen atoms in total. The van der Waals surface area contributed by atoms with Crippen LogP contribution in [0.4, 0.5) is 5.69 Å². The van der Waals surface area contributed by atoms with Gasteiger partial charge in [0, 0.05) is 18.8 Å². The van der Waals surface area contributed by atoms with Crippen LogP contribution >= 0.6 is 11.8 Å². The highest BCUT2D eigenvalue weighted by atomic mass is 32.2. The highest BCUT2D eigenvalue weighted by Gasteiger charge is 2.22. The minimum atomic E-state index is -0.0812. The van der Waals surface area contributed by atoms with Crippen molar-refractivity contribution in [3.63, 3.8) is 0 Å². The molecule has 1 fully saturated rings. The molecule has 1 aliphatic rings. The largest absolute Gasteiger partial charge is 0.376 e. The Kier molecular flexibility index (Phi) is 6.73. The molecular formula is C24H27N3O3S. The molecule has 4 rings (SSSR count). The number of ether oxygens (including phenoxy) is 1. The first-order valence-corrected chi connectivity index (χ1v) is 11.7. The maximum Gasteiger partial charge on any atom is 0.262 e. The van der Waals surface area contributed by atoms with Crippen LogP contribution in [-0.4, -0.2) is 40.5 Å². The molecule has 2 aromatic carbocycles. The molecule has 0 radical (unpaired) electrons. The van der Waals surface area contributed by atoms with Crippen LogP contribution in [-0.2, 0) is 16.1 Å². The molecule has 0 bridgehead atoms. The number of hydrogen-bond donors (Lipinski definition) is 0. The standard InChI is InChI=1S/C24H27N3O3S/c1-3-26(21-13-7-4-9-17(21)2)22(28)16-31-24-25-20-12-6-5-11-19(20)23(29)27(24)15-18-10-8-14-30-18/h4-7,9,11-13,18H,3,8,10,14-16H2,1-2H3. The second-order valence-corrected chi connectivity index (χ2v) is 8.62. The zero-order chi connectivity index (χ0) is 21.8. The SMILES string of the molecule is CCN(C(=O)CSc1nc2ccccc2c(=O)n1CC1CCCO1)c1ccccc1C. The summed E-state index contributed by atoms with van der Waals surface area (Å²) >= 11 is 1.32. The van der Waals surface area contributed by atoms with E-state index in [2.05, 4.69) is 0 Å². The van der Waals surface area contributed by atoms with Crippen molar-refractivity contribution in [2.45, 2.75) is 44.5 Å². The topological polar surface area (TPSA) is 64.4 Å². The van der Waals surface area contributed by atoms with E-state index in [1.165, 1.54) is 11.8 Å². The van der Waals surface area contributed by atoms with Gasteiger partial charge in [-0.05, 0) is 50.5 Å². The summed E-state index contributed by atoms with van der Waals surface area (Å²) in [5.74, 6) is 0.200. The van der Waals surface area contributed by atoms with E-state index in [1.807, 2.05) is 56.3 Å². The van der Waals surface area contributed by atoms with E-state index < -0.39 is 0 Å². The number of benzene rings is 2. The number of carbonyl (C=O) groups is 1. The molecule has 1 atom stereocenters. The maximum absolute atomic E-state index is 13.2. The molecule has 1 unspecified atom stereocenters. The van der Waals surface area contributed by atoms with E-state index in [1.54, 1.807) is 15.5 Å². The van der Waals surface area contributed by atoms with Gasteiger partial charge in [0.2, 0.25) is 5.91 Å². The van der Waals surface area contributed by atoms with Crippen LogP contribution in [0.1, 0.15) is 25.3 Å². The summed E-state index contributed by atoms with van der Waals surface area (Å²) in [6.45, 7) is 5.74. The van der Waals surface area contributed by atoms with Crippen molar-refractivity contribution < 1.29 is 9.53 Å². The lowest BCUT2D eigenvalue weighted by Gasteiger charge is -2.23. The Morgan fingerprint density at radius 3 is 2.74 bits per heavy atom. The van der Waals surface area contributed by atoms with Gasteiger partial charge in [0.1, 0.15) is 0 Å². The van der Waals surface area contributed by atoms with Gasteiger partial charge in [0.15, 0.2) is 5.16 Å². The summed E-state index contributed by atoms with van der Waals surface area (Å²) in [7, 11) is 0. The second-order valence-electron chi connectivity index (χ2n) is 7.68. The fourth-order valence-electron chi connectivity index (χ4n) is 3.96. The normalized spacial score (nSPS) is 16.0. The predicted molar refractivity (Wildman–Crippen MR) is 125 cm³/mol. The molecule has 1 saturated heterocycles. The van der Waals surface area contributed by atoms with Gasteiger partial charge in [0.25, 0.3) is 5.56 Å². The molecule has 1 aliphatic heterocycles. The first kappa shape index (κ1) is 21.6. The van der Waals surface area contributed by atoms with Crippen LogP contribution in [0.3, 0.4) is 0 Å². The molecule has 31 heavy (non-hydrogen) atoms. The molecule has 1 aromatic heterocycles. The van der Waals surface area contributed by atoms with Crippen LogP contribution in [0, 0.1) is 6.92 Å². The molecule has 0 aliphatic carbocycles. The van der Waals surface area contributed by atoms with E-state index >= 15 is 0 Å². The van der Waals surface area contributed by atoms with Crippen LogP contribution in [0.2, 0.25) is 0 Å². The molecule has 3 aromatic rings. The fourth-order valence-corrected chi connectivity index (χ4v) is 4.85. The number of para-hydroxylation sites is 2. The number of fused-ring (bicyclic) bond motifs is 1. The number of hydrogen-bond acceptors (Lipinski definition) is 5. The van der Waals surface area contributed by atoms with Crippen LogP contribution in [0.25, 0.3) is 10.9 Å². The van der Waals surface area contributed by atoms with E-state index in [0.29, 0.717) is 29.1 Å². The van der Waals surface area contributed by atoms with Gasteiger partial charge in [-0.2, -0.15) is 0 Å². The molecule has 162 valence electrons. The van der Waals surface area contributed by atoms with Crippen molar-refractivity contribution in [2.75, 3.05) is 23.8 Å². The summed E-state index contributed by atoms with van der Waals surface area (Å²) in [5.41, 5.74) is 2.54. The van der Waals surface area contributed by atoms with Crippen molar-refractivity contribution in [2.24, 2.45) is 0 Å². The third-order valence-corrected chi connectivity index (χ3v) is 6.55. The third-order valence-electron chi connectivity index (χ3n) is 5.59. The van der Waals surface area contributed by atoms with Crippen LogP contribution in [0.5, 0.6) is 0 Å². The van der Waals surface area contributed by atoms with Crippen LogP contribution in [0.15, 0.2) is 58.5 Å². The summed E-state index contributed by atoms with van der Waals surface area (Å²) in [4.78, 5) is 32.8. The zero-order valence-electron chi connectivity index (χ0n) is 17.9. The summed E-state index contributed by atoms with van der Waals surface area (Å²) in [6.07, 6.45) is 1.94. The average molecular weight is 438 g/mol. The Labute approximate surface area is 186 Å². The highest BCUT2D eigenvalue weighted by Crippen LogP contribution is 2.24. The van der Waals surface area contributed by atoms with Gasteiger partial charge in [0.05, 0.1) is 29.3 Å². The smallest absolute Gasteiger partial charge is 0.262 e. The monoisotopic (exact) mass is 437 g/mol. The second kappa shape index (κ2) is 9.66. The Morgan fingerprint density at radius 2 is 2.00 bits per heavy atom. The predicted octanol–water partition coefficient (Wildman–Crippen LogP) is 4.03. The number of rotatable bonds is 7. The number of nitrogens with zero attached hydrogens (tertiary/aromatic N) is 3. The van der Waals surface area contributed by atoms with Crippen molar-refractivity contribution in [3.8, 4) is 0 Å². The number of thioether (sulfide) groups is 1. The Balaban J connectivity index is 1.61. The first-order valence-electron chi connectivity index (χ1n) is 10.7. The fraction of sp³-hybridized carbons (Fsp3) is 0.375. The molecule has 0 spiro atoms. The number of aromatic nitrogens is 2. The molecule has 0 N–H and O–H groups in total. The Hall–Kier alpha value is -2.64. The van der Waals surface area contributed by atoms with Gasteiger partial charge in [-0.25, -0.2) is 4.98 Å². The van der Waals surface area contributed by atoms with Gasteiger partial charge < -0.3 is 9.64 Å². The zero-order valence-corrected chi connectivity index (χ0v) is 18.7. The molecule has 2 heterocycles. The number of aryl methyl sites for hydroxylation is 1. The van der Waals surface area contributed by atoms with E-state index in [9.17, 15) is 9.59 Å². The summed E-state index contributed by atoms with van der Waals surface area (Å²) < 4.78 is 7.44. The van der Waals surface area contributed by atoms with Crippen LogP contribution < -0.4 is 10.5 Å². The minimum Gasteiger partial charge on any atom is -0.376 e. The molecule has 1 amide bonds. The van der Waals surface area contributed by atoms with E-state index in [0.717, 1.165) is 30.7 Å². The maximum atomic E-state index is 13.2. The molecule has 7 heteroatoms. The number of anilines is 1. The summed E-state index contributed by atoms with van der Waals surface area (Å²) in [6, 6.07) is 15.2. The van der Waals surface area contributed by atoms with E-state index in [-0.39, 0.29) is 23.3 Å². The number of amides is 1. The van der Waals surface area contributed by atoms with Gasteiger partial charge in [-0.1, -0.05) is 42.1 Å². The number of carbonyl (C=O) groups excluding carboxylic acids is 1. The lowest BCUT2D eigenvalue weighted by Crippen LogP contribution is -2.33.